The molecule has 0 spiro atoms. The Bertz CT molecular complexity index is 1250. The summed E-state index contributed by atoms with van der Waals surface area (Å²) in [7, 11) is 1.65. The molecular formula is C27H26N4O2. The summed E-state index contributed by atoms with van der Waals surface area (Å²) in [5, 5.41) is 5.19. The number of rotatable bonds is 5. The normalized spacial score (nSPS) is 13.7. The molecule has 1 aromatic heterocycles. The Balaban J connectivity index is 1.36. The van der Waals surface area contributed by atoms with Crippen LogP contribution < -0.4 is 15.0 Å². The van der Waals surface area contributed by atoms with Crippen LogP contribution in [-0.4, -0.2) is 49.1 Å². The lowest BCUT2D eigenvalue weighted by Gasteiger charge is -2.36. The Morgan fingerprint density at radius 3 is 2.21 bits per heavy atom. The van der Waals surface area contributed by atoms with Crippen molar-refractivity contribution < 1.29 is 9.53 Å². The van der Waals surface area contributed by atoms with Crippen LogP contribution in [0.1, 0.15) is 10.4 Å². The van der Waals surface area contributed by atoms with Crippen molar-refractivity contribution in [2.75, 3.05) is 43.5 Å². The van der Waals surface area contributed by atoms with Gasteiger partial charge in [0.1, 0.15) is 11.6 Å². The van der Waals surface area contributed by atoms with Crippen LogP contribution in [0, 0.1) is 0 Å². The largest absolute Gasteiger partial charge is 0.497 e. The number of piperazine rings is 1. The third-order valence-electron chi connectivity index (χ3n) is 6.07. The fraction of sp³-hybridized carbons (Fsp3) is 0.185. The van der Waals surface area contributed by atoms with Crippen LogP contribution in [0.3, 0.4) is 0 Å². The Labute approximate surface area is 193 Å². The second-order valence-corrected chi connectivity index (χ2v) is 8.03. The quantitative estimate of drug-likeness (QED) is 0.478. The van der Waals surface area contributed by atoms with Gasteiger partial charge in [0, 0.05) is 49.1 Å². The minimum Gasteiger partial charge on any atom is -0.497 e. The minimum atomic E-state index is 0.0300. The van der Waals surface area contributed by atoms with Gasteiger partial charge >= 0.3 is 0 Å². The molecule has 0 radical (unpaired) electrons. The fourth-order valence-corrected chi connectivity index (χ4v) is 4.25. The number of carbonyl (C=O) groups excluding carboxylic acids is 1. The number of hydrogen-bond donors (Lipinski definition) is 1. The van der Waals surface area contributed by atoms with Crippen LogP contribution in [0.25, 0.3) is 10.8 Å². The molecule has 0 saturated carbocycles. The standard InChI is InChI=1S/C27H26N4O2/c1-33-22-13-11-20(12-14-22)29-26-24-10-6-5-9-23(24)25(19-28-26)27(32)31-17-15-30(16-18-31)21-7-3-2-4-8-21/h2-14,19H,15-18H2,1H3,(H,28,29). The molecule has 166 valence electrons. The average Bonchev–Trinajstić information content (AvgIpc) is 2.89. The molecule has 4 aromatic rings. The zero-order valence-corrected chi connectivity index (χ0v) is 18.6. The van der Waals surface area contributed by atoms with E-state index in [-0.39, 0.29) is 5.91 Å². The Hall–Kier alpha value is -4.06. The number of amides is 1. The second-order valence-electron chi connectivity index (χ2n) is 8.03. The number of hydrogen-bond acceptors (Lipinski definition) is 5. The van der Waals surface area contributed by atoms with E-state index >= 15 is 0 Å². The first-order chi connectivity index (χ1) is 16.2. The first kappa shape index (κ1) is 20.8. The Morgan fingerprint density at radius 1 is 0.848 bits per heavy atom. The van der Waals surface area contributed by atoms with Gasteiger partial charge in [-0.2, -0.15) is 0 Å². The van der Waals surface area contributed by atoms with Crippen LogP contribution in [-0.2, 0) is 0 Å². The number of fused-ring (bicyclic) bond motifs is 1. The number of pyridine rings is 1. The van der Waals surface area contributed by atoms with E-state index in [1.807, 2.05) is 71.6 Å². The molecule has 1 aliphatic heterocycles. The van der Waals surface area contributed by atoms with Crippen molar-refractivity contribution in [3.63, 3.8) is 0 Å². The molecule has 1 saturated heterocycles. The minimum absolute atomic E-state index is 0.0300. The number of aromatic nitrogens is 1. The van der Waals surface area contributed by atoms with Crippen LogP contribution in [0.2, 0.25) is 0 Å². The zero-order chi connectivity index (χ0) is 22.6. The van der Waals surface area contributed by atoms with E-state index in [0.717, 1.165) is 41.1 Å². The first-order valence-corrected chi connectivity index (χ1v) is 11.1. The van der Waals surface area contributed by atoms with E-state index in [1.165, 1.54) is 5.69 Å². The maximum Gasteiger partial charge on any atom is 0.256 e. The number of para-hydroxylation sites is 1. The maximum absolute atomic E-state index is 13.4. The summed E-state index contributed by atoms with van der Waals surface area (Å²) in [4.78, 5) is 22.3. The molecule has 1 fully saturated rings. The van der Waals surface area contributed by atoms with Crippen molar-refractivity contribution in [2.45, 2.75) is 0 Å². The van der Waals surface area contributed by atoms with Crippen LogP contribution in [0.15, 0.2) is 85.1 Å². The molecule has 1 N–H and O–H groups in total. The highest BCUT2D eigenvalue weighted by Crippen LogP contribution is 2.29. The molecule has 2 heterocycles. The van der Waals surface area contributed by atoms with Gasteiger partial charge in [-0.1, -0.05) is 42.5 Å². The highest BCUT2D eigenvalue weighted by Gasteiger charge is 2.24. The summed E-state index contributed by atoms with van der Waals surface area (Å²) in [5.41, 5.74) is 2.74. The number of ether oxygens (including phenoxy) is 1. The van der Waals surface area contributed by atoms with Crippen LogP contribution in [0.4, 0.5) is 17.2 Å². The predicted molar refractivity (Wildman–Crippen MR) is 133 cm³/mol. The van der Waals surface area contributed by atoms with Crippen molar-refractivity contribution in [3.8, 4) is 5.75 Å². The van der Waals surface area contributed by atoms with Gasteiger partial charge in [0.15, 0.2) is 0 Å². The van der Waals surface area contributed by atoms with E-state index in [9.17, 15) is 4.79 Å². The van der Waals surface area contributed by atoms with E-state index in [1.54, 1.807) is 13.3 Å². The fourth-order valence-electron chi connectivity index (χ4n) is 4.25. The van der Waals surface area contributed by atoms with Gasteiger partial charge in [0.2, 0.25) is 0 Å². The highest BCUT2D eigenvalue weighted by atomic mass is 16.5. The van der Waals surface area contributed by atoms with Gasteiger partial charge in [0.25, 0.3) is 5.91 Å². The lowest BCUT2D eigenvalue weighted by atomic mass is 10.1. The number of nitrogens with one attached hydrogen (secondary N) is 1. The summed E-state index contributed by atoms with van der Waals surface area (Å²) in [6.45, 7) is 3.01. The lowest BCUT2D eigenvalue weighted by Crippen LogP contribution is -2.48. The molecular weight excluding hydrogens is 412 g/mol. The first-order valence-electron chi connectivity index (χ1n) is 11.1. The molecule has 6 heteroatoms. The van der Waals surface area contributed by atoms with E-state index in [0.29, 0.717) is 18.7 Å². The van der Waals surface area contributed by atoms with Crippen molar-refractivity contribution in [1.29, 1.82) is 0 Å². The molecule has 1 aliphatic rings. The number of benzene rings is 3. The summed E-state index contributed by atoms with van der Waals surface area (Å²) in [6, 6.07) is 26.0. The highest BCUT2D eigenvalue weighted by molar-refractivity contribution is 6.09. The molecule has 33 heavy (non-hydrogen) atoms. The van der Waals surface area contributed by atoms with Crippen molar-refractivity contribution in [1.82, 2.24) is 9.88 Å². The average molecular weight is 439 g/mol. The van der Waals surface area contributed by atoms with E-state index in [2.05, 4.69) is 27.3 Å². The molecule has 1 amide bonds. The second kappa shape index (κ2) is 9.20. The SMILES string of the molecule is COc1ccc(Nc2ncc(C(=O)N3CCN(c4ccccc4)CC3)c3ccccc23)cc1. The number of nitrogens with zero attached hydrogens (tertiary/aromatic N) is 3. The van der Waals surface area contributed by atoms with Crippen molar-refractivity contribution in [3.05, 3.63) is 90.6 Å². The van der Waals surface area contributed by atoms with Gasteiger partial charge in [-0.15, -0.1) is 0 Å². The van der Waals surface area contributed by atoms with Crippen molar-refractivity contribution in [2.24, 2.45) is 0 Å². The third kappa shape index (κ3) is 4.32. The van der Waals surface area contributed by atoms with E-state index < -0.39 is 0 Å². The summed E-state index contributed by atoms with van der Waals surface area (Å²) >= 11 is 0. The molecule has 0 aliphatic carbocycles. The summed E-state index contributed by atoms with van der Waals surface area (Å²) in [5.74, 6) is 1.55. The zero-order valence-electron chi connectivity index (χ0n) is 18.6. The molecule has 0 unspecified atom stereocenters. The van der Waals surface area contributed by atoms with E-state index in [4.69, 9.17) is 4.74 Å². The summed E-state index contributed by atoms with van der Waals surface area (Å²) < 4.78 is 5.23. The Morgan fingerprint density at radius 2 is 1.52 bits per heavy atom. The Kier molecular flexibility index (Phi) is 5.81. The smallest absolute Gasteiger partial charge is 0.256 e. The predicted octanol–water partition coefficient (Wildman–Crippen LogP) is 4.95. The van der Waals surface area contributed by atoms with Gasteiger partial charge in [0.05, 0.1) is 12.7 Å². The third-order valence-corrected chi connectivity index (χ3v) is 6.07. The number of methoxy groups -OCH3 is 1. The number of carbonyl (C=O) groups is 1. The molecule has 0 bridgehead atoms. The molecule has 5 rings (SSSR count). The molecule has 3 aromatic carbocycles. The lowest BCUT2D eigenvalue weighted by molar-refractivity contribution is 0.0748. The summed E-state index contributed by atoms with van der Waals surface area (Å²) in [6.07, 6.45) is 1.69. The number of anilines is 3. The topological polar surface area (TPSA) is 57.7 Å². The van der Waals surface area contributed by atoms with Gasteiger partial charge in [-0.25, -0.2) is 4.98 Å². The van der Waals surface area contributed by atoms with Gasteiger partial charge in [-0.3, -0.25) is 4.79 Å². The van der Waals surface area contributed by atoms with Gasteiger partial charge < -0.3 is 19.9 Å². The van der Waals surface area contributed by atoms with Gasteiger partial charge in [-0.05, 0) is 41.8 Å². The van der Waals surface area contributed by atoms with Crippen LogP contribution >= 0.6 is 0 Å². The van der Waals surface area contributed by atoms with Crippen LogP contribution in [0.5, 0.6) is 5.75 Å². The van der Waals surface area contributed by atoms with Crippen molar-refractivity contribution >= 4 is 33.9 Å². The maximum atomic E-state index is 13.4. The molecule has 6 nitrogen and oxygen atoms in total. The monoisotopic (exact) mass is 438 g/mol. The molecule has 0 atom stereocenters.